The van der Waals surface area contributed by atoms with E-state index >= 15 is 0 Å². The molecule has 0 aromatic heterocycles. The maximum absolute atomic E-state index is 11.0. The zero-order valence-electron chi connectivity index (χ0n) is 10.6. The van der Waals surface area contributed by atoms with E-state index in [1.807, 2.05) is 6.07 Å². The van der Waals surface area contributed by atoms with Gasteiger partial charge in [0.15, 0.2) is 0 Å². The molecule has 0 aliphatic rings. The summed E-state index contributed by atoms with van der Waals surface area (Å²) >= 11 is 9.15. The molecule has 1 N–H and O–H groups in total. The molecule has 0 spiro atoms. The van der Waals surface area contributed by atoms with Gasteiger partial charge < -0.3 is 5.32 Å². The van der Waals surface area contributed by atoms with Gasteiger partial charge in [-0.25, -0.2) is 0 Å². The number of nitriles is 1. The van der Waals surface area contributed by atoms with Gasteiger partial charge in [0.2, 0.25) is 0 Å². The number of benzene rings is 2. The maximum Gasteiger partial charge on any atom is 0.275 e. The highest BCUT2D eigenvalue weighted by Crippen LogP contribution is 2.25. The molecular formula is C14H9BrClN3O2. The fourth-order valence-corrected chi connectivity index (χ4v) is 2.34. The van der Waals surface area contributed by atoms with Gasteiger partial charge in [-0.1, -0.05) is 27.5 Å². The Kier molecular flexibility index (Phi) is 4.78. The Morgan fingerprint density at radius 1 is 1.33 bits per heavy atom. The van der Waals surface area contributed by atoms with Crippen LogP contribution in [0.5, 0.6) is 0 Å². The number of hydrogen-bond acceptors (Lipinski definition) is 4. The number of nitrogens with one attached hydrogen (secondary N) is 1. The van der Waals surface area contributed by atoms with E-state index in [4.69, 9.17) is 16.9 Å². The summed E-state index contributed by atoms with van der Waals surface area (Å²) in [6.07, 6.45) is 0. The molecule has 7 heteroatoms. The fraction of sp³-hybridized carbons (Fsp3) is 0.0714. The molecule has 106 valence electrons. The van der Waals surface area contributed by atoms with Crippen LogP contribution in [0.4, 0.5) is 11.4 Å². The van der Waals surface area contributed by atoms with E-state index in [0.29, 0.717) is 26.3 Å². The van der Waals surface area contributed by atoms with E-state index in [1.165, 1.54) is 6.07 Å². The van der Waals surface area contributed by atoms with Crippen molar-refractivity contribution in [2.75, 3.05) is 5.32 Å². The van der Waals surface area contributed by atoms with Crippen LogP contribution in [0, 0.1) is 21.4 Å². The molecule has 0 unspecified atom stereocenters. The molecule has 2 rings (SSSR count). The van der Waals surface area contributed by atoms with Crippen molar-refractivity contribution in [1.29, 1.82) is 5.26 Å². The summed E-state index contributed by atoms with van der Waals surface area (Å²) in [6.45, 7) is 0.284. The van der Waals surface area contributed by atoms with Crippen molar-refractivity contribution in [3.8, 4) is 6.07 Å². The molecule has 0 saturated heterocycles. The van der Waals surface area contributed by atoms with Gasteiger partial charge >= 0.3 is 0 Å². The molecule has 0 bridgehead atoms. The van der Waals surface area contributed by atoms with E-state index in [2.05, 4.69) is 21.2 Å². The van der Waals surface area contributed by atoms with E-state index < -0.39 is 4.92 Å². The minimum Gasteiger partial charge on any atom is -0.381 e. The van der Waals surface area contributed by atoms with Crippen LogP contribution >= 0.6 is 27.5 Å². The van der Waals surface area contributed by atoms with Crippen LogP contribution in [0.1, 0.15) is 11.1 Å². The largest absolute Gasteiger partial charge is 0.381 e. The summed E-state index contributed by atoms with van der Waals surface area (Å²) in [5, 5.41) is 23.2. The average molecular weight is 367 g/mol. The first-order chi connectivity index (χ1) is 10.0. The number of nitrogens with zero attached hydrogens (tertiary/aromatic N) is 2. The molecule has 0 amide bonds. The van der Waals surface area contributed by atoms with E-state index in [0.717, 1.165) is 0 Å². The lowest BCUT2D eigenvalue weighted by molar-refractivity contribution is -0.385. The van der Waals surface area contributed by atoms with Crippen LogP contribution < -0.4 is 5.32 Å². The normalized spacial score (nSPS) is 9.95. The van der Waals surface area contributed by atoms with Gasteiger partial charge in [-0.15, -0.1) is 0 Å². The molecule has 0 aliphatic heterocycles. The van der Waals surface area contributed by atoms with Crippen molar-refractivity contribution >= 4 is 38.9 Å². The molecule has 0 fully saturated rings. The quantitative estimate of drug-likeness (QED) is 0.638. The van der Waals surface area contributed by atoms with Crippen molar-refractivity contribution in [2.45, 2.75) is 6.54 Å². The number of rotatable bonds is 4. The Hall–Kier alpha value is -2.10. The second-order valence-electron chi connectivity index (χ2n) is 4.19. The van der Waals surface area contributed by atoms with E-state index in [-0.39, 0.29) is 12.2 Å². The van der Waals surface area contributed by atoms with E-state index in [1.54, 1.807) is 30.3 Å². The summed E-state index contributed by atoms with van der Waals surface area (Å²) in [6, 6.07) is 11.8. The van der Waals surface area contributed by atoms with Crippen LogP contribution in [0.2, 0.25) is 5.02 Å². The Morgan fingerprint density at radius 3 is 2.71 bits per heavy atom. The SMILES string of the molecule is N#Cc1ccc(NCc2ccc(Br)cc2[N+](=O)[O-])cc1Cl. The van der Waals surface area contributed by atoms with Crippen LogP contribution in [0.3, 0.4) is 0 Å². The zero-order chi connectivity index (χ0) is 15.4. The van der Waals surface area contributed by atoms with Gasteiger partial charge in [0.25, 0.3) is 5.69 Å². The Labute approximate surface area is 134 Å². The summed E-state index contributed by atoms with van der Waals surface area (Å²) < 4.78 is 0.652. The third kappa shape index (κ3) is 3.72. The third-order valence-electron chi connectivity index (χ3n) is 2.82. The lowest BCUT2D eigenvalue weighted by Gasteiger charge is -2.08. The number of nitro groups is 1. The van der Waals surface area contributed by atoms with Gasteiger partial charge in [0.1, 0.15) is 6.07 Å². The molecule has 0 radical (unpaired) electrons. The predicted molar refractivity (Wildman–Crippen MR) is 84.3 cm³/mol. The first kappa shape index (κ1) is 15.3. The standard InChI is InChI=1S/C14H9BrClN3O2/c15-11-3-1-10(14(5-11)19(20)21)8-18-12-4-2-9(7-17)13(16)6-12/h1-6,18H,8H2. The molecule has 21 heavy (non-hydrogen) atoms. The monoisotopic (exact) mass is 365 g/mol. The topological polar surface area (TPSA) is 79.0 Å². The zero-order valence-corrected chi connectivity index (χ0v) is 13.0. The lowest BCUT2D eigenvalue weighted by atomic mass is 10.1. The molecule has 0 atom stereocenters. The third-order valence-corrected chi connectivity index (χ3v) is 3.62. The smallest absolute Gasteiger partial charge is 0.275 e. The number of hydrogen-bond donors (Lipinski definition) is 1. The molecule has 0 saturated carbocycles. The highest BCUT2D eigenvalue weighted by Gasteiger charge is 2.13. The van der Waals surface area contributed by atoms with Gasteiger partial charge in [0.05, 0.1) is 15.5 Å². The second kappa shape index (κ2) is 6.57. The number of anilines is 1. The minimum absolute atomic E-state index is 0.0385. The average Bonchev–Trinajstić information content (AvgIpc) is 2.46. The highest BCUT2D eigenvalue weighted by molar-refractivity contribution is 9.10. The number of halogens is 2. The fourth-order valence-electron chi connectivity index (χ4n) is 1.77. The van der Waals surface area contributed by atoms with Gasteiger partial charge in [-0.2, -0.15) is 5.26 Å². The molecule has 0 heterocycles. The van der Waals surface area contributed by atoms with Crippen molar-refractivity contribution in [3.63, 3.8) is 0 Å². The maximum atomic E-state index is 11.0. The molecule has 2 aromatic carbocycles. The van der Waals surface area contributed by atoms with Crippen LogP contribution in [-0.2, 0) is 6.54 Å². The predicted octanol–water partition coefficient (Wildman–Crippen LogP) is 4.49. The number of nitro benzene ring substituents is 1. The molecule has 2 aromatic rings. The summed E-state index contributed by atoms with van der Waals surface area (Å²) in [5.74, 6) is 0. The molecule has 0 aliphatic carbocycles. The van der Waals surface area contributed by atoms with Gasteiger partial charge in [-0.3, -0.25) is 10.1 Å². The minimum atomic E-state index is -0.423. The van der Waals surface area contributed by atoms with Gasteiger partial charge in [0, 0.05) is 28.3 Å². The van der Waals surface area contributed by atoms with Crippen molar-refractivity contribution in [2.24, 2.45) is 0 Å². The van der Waals surface area contributed by atoms with Crippen molar-refractivity contribution < 1.29 is 4.92 Å². The van der Waals surface area contributed by atoms with Crippen LogP contribution in [0.25, 0.3) is 0 Å². The van der Waals surface area contributed by atoms with Crippen LogP contribution in [0.15, 0.2) is 40.9 Å². The lowest BCUT2D eigenvalue weighted by Crippen LogP contribution is -2.03. The first-order valence-corrected chi connectivity index (χ1v) is 7.04. The van der Waals surface area contributed by atoms with Gasteiger partial charge in [-0.05, 0) is 30.3 Å². The van der Waals surface area contributed by atoms with E-state index in [9.17, 15) is 10.1 Å². The summed E-state index contributed by atoms with van der Waals surface area (Å²) in [7, 11) is 0. The first-order valence-electron chi connectivity index (χ1n) is 5.87. The Balaban J connectivity index is 2.19. The summed E-state index contributed by atoms with van der Waals surface area (Å²) in [5.41, 5.74) is 1.67. The molecular weight excluding hydrogens is 358 g/mol. The van der Waals surface area contributed by atoms with Crippen LogP contribution in [-0.4, -0.2) is 4.92 Å². The van der Waals surface area contributed by atoms with Crippen molar-refractivity contribution in [3.05, 3.63) is 67.1 Å². The Bertz CT molecular complexity index is 743. The molecule has 5 nitrogen and oxygen atoms in total. The summed E-state index contributed by atoms with van der Waals surface area (Å²) in [4.78, 5) is 10.6. The van der Waals surface area contributed by atoms with Crippen molar-refractivity contribution in [1.82, 2.24) is 0 Å². The Morgan fingerprint density at radius 2 is 2.10 bits per heavy atom. The second-order valence-corrected chi connectivity index (χ2v) is 5.51. The highest BCUT2D eigenvalue weighted by atomic mass is 79.9.